The van der Waals surface area contributed by atoms with E-state index in [1.54, 1.807) is 12.1 Å². The number of carbonyl (C=O) groups excluding carboxylic acids is 2. The van der Waals surface area contributed by atoms with Crippen LogP contribution in [0.15, 0.2) is 47.1 Å². The average molecular weight is 396 g/mol. The lowest BCUT2D eigenvalue weighted by atomic mass is 10.1. The monoisotopic (exact) mass is 394 g/mol. The first kappa shape index (κ1) is 17.8. The van der Waals surface area contributed by atoms with Crippen LogP contribution >= 0.6 is 34.8 Å². The van der Waals surface area contributed by atoms with Crippen LogP contribution in [0.25, 0.3) is 0 Å². The molecular weight excluding hydrogens is 383 g/mol. The zero-order chi connectivity index (χ0) is 18.3. The second-order valence-corrected chi connectivity index (χ2v) is 6.79. The molecular formula is C18H13Cl3N2O2. The summed E-state index contributed by atoms with van der Waals surface area (Å²) in [6.07, 6.45) is 0. The minimum absolute atomic E-state index is 0.00552. The van der Waals surface area contributed by atoms with Gasteiger partial charge in [0.15, 0.2) is 0 Å². The Morgan fingerprint density at radius 1 is 0.920 bits per heavy atom. The van der Waals surface area contributed by atoms with Crippen LogP contribution in [0.3, 0.4) is 0 Å². The van der Waals surface area contributed by atoms with Gasteiger partial charge in [0.2, 0.25) is 0 Å². The second-order valence-electron chi connectivity index (χ2n) is 5.63. The fraction of sp³-hybridized carbons (Fsp3) is 0.111. The molecule has 4 nitrogen and oxygen atoms in total. The van der Waals surface area contributed by atoms with E-state index >= 15 is 0 Å². The lowest BCUT2D eigenvalue weighted by Crippen LogP contribution is -2.32. The van der Waals surface area contributed by atoms with Crippen molar-refractivity contribution in [3.63, 3.8) is 0 Å². The van der Waals surface area contributed by atoms with E-state index in [2.05, 4.69) is 5.32 Å². The van der Waals surface area contributed by atoms with Crippen LogP contribution in [0.5, 0.6) is 0 Å². The summed E-state index contributed by atoms with van der Waals surface area (Å²) in [5.74, 6) is -1.24. The molecule has 2 aromatic rings. The Bertz CT molecular complexity index is 938. The topological polar surface area (TPSA) is 49.4 Å². The Morgan fingerprint density at radius 2 is 1.64 bits per heavy atom. The Kier molecular flexibility index (Phi) is 4.78. The van der Waals surface area contributed by atoms with Crippen molar-refractivity contribution in [1.82, 2.24) is 0 Å². The highest BCUT2D eigenvalue weighted by Crippen LogP contribution is 2.37. The van der Waals surface area contributed by atoms with Gasteiger partial charge in [-0.25, -0.2) is 4.90 Å². The number of rotatable bonds is 3. The molecule has 128 valence electrons. The van der Waals surface area contributed by atoms with Gasteiger partial charge in [-0.1, -0.05) is 46.9 Å². The first-order valence-corrected chi connectivity index (χ1v) is 8.51. The third-order valence-corrected chi connectivity index (χ3v) is 5.14. The molecule has 2 amide bonds. The number of benzene rings is 2. The van der Waals surface area contributed by atoms with Crippen molar-refractivity contribution >= 4 is 58.0 Å². The highest BCUT2D eigenvalue weighted by molar-refractivity contribution is 6.54. The third kappa shape index (κ3) is 3.13. The fourth-order valence-corrected chi connectivity index (χ4v) is 3.05. The molecule has 1 aliphatic heterocycles. The van der Waals surface area contributed by atoms with Crippen molar-refractivity contribution < 1.29 is 9.59 Å². The van der Waals surface area contributed by atoms with Gasteiger partial charge in [0.25, 0.3) is 11.8 Å². The Labute approximate surface area is 160 Å². The van der Waals surface area contributed by atoms with E-state index in [0.29, 0.717) is 5.69 Å². The summed E-state index contributed by atoms with van der Waals surface area (Å²) in [6.45, 7) is 3.94. The number of anilines is 2. The number of imide groups is 1. The number of hydrogen-bond donors (Lipinski definition) is 1. The summed E-state index contributed by atoms with van der Waals surface area (Å²) in [5, 5.41) is 3.09. The summed E-state index contributed by atoms with van der Waals surface area (Å²) in [5.41, 5.74) is 3.03. The summed E-state index contributed by atoms with van der Waals surface area (Å²) >= 11 is 18.2. The Balaban J connectivity index is 1.96. The maximum Gasteiger partial charge on any atom is 0.283 e. The molecule has 1 aliphatic rings. The quantitative estimate of drug-likeness (QED) is 0.740. The summed E-state index contributed by atoms with van der Waals surface area (Å²) in [6, 6.07) is 10.3. The van der Waals surface area contributed by atoms with Gasteiger partial charge >= 0.3 is 0 Å². The van der Waals surface area contributed by atoms with Gasteiger partial charge in [-0.05, 0) is 49.2 Å². The van der Waals surface area contributed by atoms with E-state index in [0.717, 1.165) is 16.0 Å². The molecule has 1 heterocycles. The predicted octanol–water partition coefficient (Wildman–Crippen LogP) is 5.05. The van der Waals surface area contributed by atoms with Gasteiger partial charge in [-0.15, -0.1) is 0 Å². The van der Waals surface area contributed by atoms with Crippen molar-refractivity contribution in [3.8, 4) is 0 Å². The molecule has 25 heavy (non-hydrogen) atoms. The molecule has 0 saturated carbocycles. The summed E-state index contributed by atoms with van der Waals surface area (Å²) in [4.78, 5) is 26.1. The van der Waals surface area contributed by atoms with Gasteiger partial charge in [0.1, 0.15) is 10.7 Å². The maximum absolute atomic E-state index is 12.7. The van der Waals surface area contributed by atoms with E-state index in [1.807, 2.05) is 32.0 Å². The van der Waals surface area contributed by atoms with Crippen LogP contribution in [-0.2, 0) is 9.59 Å². The molecule has 0 saturated heterocycles. The number of aryl methyl sites for hydroxylation is 2. The van der Waals surface area contributed by atoms with Crippen molar-refractivity contribution in [2.45, 2.75) is 13.8 Å². The molecule has 0 aliphatic carbocycles. The van der Waals surface area contributed by atoms with Crippen LogP contribution in [0, 0.1) is 13.8 Å². The number of halogens is 3. The fourth-order valence-electron chi connectivity index (χ4n) is 2.46. The van der Waals surface area contributed by atoms with E-state index < -0.39 is 11.8 Å². The molecule has 7 heteroatoms. The molecule has 3 rings (SSSR count). The number of nitrogens with zero attached hydrogens (tertiary/aromatic N) is 1. The normalized spacial score (nSPS) is 14.5. The first-order chi connectivity index (χ1) is 11.8. The van der Waals surface area contributed by atoms with E-state index in [4.69, 9.17) is 34.8 Å². The number of carbonyl (C=O) groups is 2. The number of hydrogen-bond acceptors (Lipinski definition) is 3. The molecule has 0 unspecified atom stereocenters. The van der Waals surface area contributed by atoms with Crippen molar-refractivity contribution in [2.24, 2.45) is 0 Å². The SMILES string of the molecule is Cc1ccc(NC2=C(Cl)C(=O)N(c3cccc(Cl)c3Cl)C2=O)cc1C. The van der Waals surface area contributed by atoms with Crippen molar-refractivity contribution in [1.29, 1.82) is 0 Å². The Hall–Kier alpha value is -2.01. The largest absolute Gasteiger partial charge is 0.350 e. The molecule has 0 spiro atoms. The molecule has 0 atom stereocenters. The van der Waals surface area contributed by atoms with Crippen LogP contribution in [-0.4, -0.2) is 11.8 Å². The zero-order valence-corrected chi connectivity index (χ0v) is 15.6. The molecule has 0 bridgehead atoms. The van der Waals surface area contributed by atoms with Crippen LogP contribution in [0.1, 0.15) is 11.1 Å². The van der Waals surface area contributed by atoms with Crippen LogP contribution in [0.4, 0.5) is 11.4 Å². The van der Waals surface area contributed by atoms with Crippen LogP contribution in [0.2, 0.25) is 10.0 Å². The van der Waals surface area contributed by atoms with Crippen LogP contribution < -0.4 is 10.2 Å². The van der Waals surface area contributed by atoms with E-state index in [1.165, 1.54) is 6.07 Å². The molecule has 0 aromatic heterocycles. The van der Waals surface area contributed by atoms with Gasteiger partial charge < -0.3 is 5.32 Å². The van der Waals surface area contributed by atoms with Crippen molar-refractivity contribution in [3.05, 3.63) is 68.3 Å². The highest BCUT2D eigenvalue weighted by Gasteiger charge is 2.40. The average Bonchev–Trinajstić information content (AvgIpc) is 2.78. The van der Waals surface area contributed by atoms with Gasteiger partial charge in [-0.2, -0.15) is 0 Å². The molecule has 1 N–H and O–H groups in total. The van der Waals surface area contributed by atoms with E-state index in [-0.39, 0.29) is 26.5 Å². The summed E-state index contributed by atoms with van der Waals surface area (Å²) in [7, 11) is 0. The van der Waals surface area contributed by atoms with Gasteiger partial charge in [0, 0.05) is 5.69 Å². The van der Waals surface area contributed by atoms with Crippen molar-refractivity contribution in [2.75, 3.05) is 10.2 Å². The third-order valence-electron chi connectivity index (χ3n) is 3.98. The number of amides is 2. The molecule has 0 radical (unpaired) electrons. The zero-order valence-electron chi connectivity index (χ0n) is 13.4. The lowest BCUT2D eigenvalue weighted by molar-refractivity contribution is -0.120. The summed E-state index contributed by atoms with van der Waals surface area (Å²) < 4.78 is 0. The lowest BCUT2D eigenvalue weighted by Gasteiger charge is -2.17. The van der Waals surface area contributed by atoms with Gasteiger partial charge in [0.05, 0.1) is 15.7 Å². The molecule has 2 aromatic carbocycles. The van der Waals surface area contributed by atoms with Gasteiger partial charge in [-0.3, -0.25) is 9.59 Å². The second kappa shape index (κ2) is 6.71. The Morgan fingerprint density at radius 3 is 2.32 bits per heavy atom. The number of nitrogens with one attached hydrogen (secondary N) is 1. The standard InChI is InChI=1S/C18H13Cl3N2O2/c1-9-6-7-11(8-10(9)2)22-16-15(21)17(24)23(18(16)25)13-5-3-4-12(19)14(13)20/h3-8,22H,1-2H3. The highest BCUT2D eigenvalue weighted by atomic mass is 35.5. The predicted molar refractivity (Wildman–Crippen MR) is 101 cm³/mol. The maximum atomic E-state index is 12.7. The van der Waals surface area contributed by atoms with E-state index in [9.17, 15) is 9.59 Å². The first-order valence-electron chi connectivity index (χ1n) is 7.38. The minimum Gasteiger partial charge on any atom is -0.350 e. The smallest absolute Gasteiger partial charge is 0.283 e. The molecule has 0 fully saturated rings. The minimum atomic E-state index is -0.651.